The van der Waals surface area contributed by atoms with E-state index in [0.717, 1.165) is 12.8 Å². The van der Waals surface area contributed by atoms with Crippen LogP contribution >= 0.6 is 0 Å². The van der Waals surface area contributed by atoms with E-state index in [2.05, 4.69) is 17.2 Å². The van der Waals surface area contributed by atoms with Gasteiger partial charge >= 0.3 is 0 Å². The largest absolute Gasteiger partial charge is 0.317 e. The topological polar surface area (TPSA) is 24.9 Å². The quantitative estimate of drug-likeness (QED) is 0.780. The second-order valence-electron chi connectivity index (χ2n) is 3.41. The van der Waals surface area contributed by atoms with E-state index in [1.165, 1.54) is 6.07 Å². The Morgan fingerprint density at radius 1 is 1.57 bits per heavy atom. The van der Waals surface area contributed by atoms with E-state index < -0.39 is 0 Å². The molecule has 0 aromatic carbocycles. The number of hydrogen-bond donors (Lipinski definition) is 1. The SMILES string of the molecule is CCCC(Cc1ncccc1F)NC. The Labute approximate surface area is 84.6 Å². The van der Waals surface area contributed by atoms with Crippen LogP contribution in [-0.4, -0.2) is 18.1 Å². The van der Waals surface area contributed by atoms with Gasteiger partial charge in [0.15, 0.2) is 0 Å². The molecule has 3 heteroatoms. The standard InChI is InChI=1S/C11H17FN2/c1-3-5-9(13-2)8-11-10(12)6-4-7-14-11/h4,6-7,9,13H,3,5,8H2,1-2H3. The minimum atomic E-state index is -0.205. The summed E-state index contributed by atoms with van der Waals surface area (Å²) in [6, 6.07) is 3.40. The number of likely N-dealkylation sites (N-methyl/N-ethyl adjacent to an activating group) is 1. The smallest absolute Gasteiger partial charge is 0.144 e. The highest BCUT2D eigenvalue weighted by molar-refractivity contribution is 5.08. The minimum Gasteiger partial charge on any atom is -0.317 e. The maximum absolute atomic E-state index is 13.2. The molecule has 0 saturated carbocycles. The summed E-state index contributed by atoms with van der Waals surface area (Å²) in [5.74, 6) is -0.205. The molecule has 1 heterocycles. The Hall–Kier alpha value is -0.960. The summed E-state index contributed by atoms with van der Waals surface area (Å²) in [5, 5.41) is 3.17. The summed E-state index contributed by atoms with van der Waals surface area (Å²) in [7, 11) is 1.90. The van der Waals surface area contributed by atoms with Gasteiger partial charge in [-0.3, -0.25) is 4.98 Å². The van der Waals surface area contributed by atoms with Crippen molar-refractivity contribution in [2.75, 3.05) is 7.05 Å². The lowest BCUT2D eigenvalue weighted by Crippen LogP contribution is -2.28. The van der Waals surface area contributed by atoms with E-state index >= 15 is 0 Å². The van der Waals surface area contributed by atoms with Crippen molar-refractivity contribution in [1.29, 1.82) is 0 Å². The molecule has 0 amide bonds. The van der Waals surface area contributed by atoms with Crippen LogP contribution in [-0.2, 0) is 6.42 Å². The van der Waals surface area contributed by atoms with Gasteiger partial charge in [0.1, 0.15) is 5.82 Å². The summed E-state index contributed by atoms with van der Waals surface area (Å²) in [6.07, 6.45) is 4.45. The number of nitrogens with zero attached hydrogens (tertiary/aromatic N) is 1. The molecule has 0 bridgehead atoms. The third-order valence-electron chi connectivity index (χ3n) is 2.32. The predicted octanol–water partition coefficient (Wildman–Crippen LogP) is 2.15. The van der Waals surface area contributed by atoms with Gasteiger partial charge in [0.05, 0.1) is 5.69 Å². The van der Waals surface area contributed by atoms with Gasteiger partial charge in [-0.15, -0.1) is 0 Å². The van der Waals surface area contributed by atoms with Crippen LogP contribution < -0.4 is 5.32 Å². The van der Waals surface area contributed by atoms with Crippen molar-refractivity contribution in [1.82, 2.24) is 10.3 Å². The van der Waals surface area contributed by atoms with Crippen LogP contribution in [0.5, 0.6) is 0 Å². The summed E-state index contributed by atoms with van der Waals surface area (Å²) >= 11 is 0. The fourth-order valence-corrected chi connectivity index (χ4v) is 1.50. The molecule has 1 aromatic heterocycles. The highest BCUT2D eigenvalue weighted by Gasteiger charge is 2.09. The molecule has 78 valence electrons. The Morgan fingerprint density at radius 3 is 2.93 bits per heavy atom. The molecule has 1 rings (SSSR count). The zero-order valence-corrected chi connectivity index (χ0v) is 8.76. The average molecular weight is 196 g/mol. The molecule has 0 aliphatic carbocycles. The maximum atomic E-state index is 13.2. The fraction of sp³-hybridized carbons (Fsp3) is 0.545. The van der Waals surface area contributed by atoms with E-state index in [9.17, 15) is 4.39 Å². The minimum absolute atomic E-state index is 0.205. The summed E-state index contributed by atoms with van der Waals surface area (Å²) in [6.45, 7) is 2.12. The molecule has 0 spiro atoms. The van der Waals surface area contributed by atoms with Crippen LogP contribution in [0.2, 0.25) is 0 Å². The average Bonchev–Trinajstić information content (AvgIpc) is 2.20. The molecular formula is C11H17FN2. The molecule has 1 atom stereocenters. The number of aromatic nitrogens is 1. The zero-order chi connectivity index (χ0) is 10.4. The lowest BCUT2D eigenvalue weighted by molar-refractivity contribution is 0.491. The van der Waals surface area contributed by atoms with Crippen LogP contribution in [0.15, 0.2) is 18.3 Å². The first-order valence-electron chi connectivity index (χ1n) is 5.04. The first kappa shape index (κ1) is 11.1. The van der Waals surface area contributed by atoms with E-state index in [-0.39, 0.29) is 5.82 Å². The molecule has 1 N–H and O–H groups in total. The fourth-order valence-electron chi connectivity index (χ4n) is 1.50. The maximum Gasteiger partial charge on any atom is 0.144 e. The van der Waals surface area contributed by atoms with E-state index in [1.807, 2.05) is 7.05 Å². The van der Waals surface area contributed by atoms with Crippen LogP contribution in [0.25, 0.3) is 0 Å². The van der Waals surface area contributed by atoms with Crippen molar-refractivity contribution in [2.24, 2.45) is 0 Å². The van der Waals surface area contributed by atoms with Gasteiger partial charge in [0.25, 0.3) is 0 Å². The van der Waals surface area contributed by atoms with Crippen molar-refractivity contribution >= 4 is 0 Å². The molecule has 14 heavy (non-hydrogen) atoms. The molecule has 0 radical (unpaired) electrons. The van der Waals surface area contributed by atoms with Gasteiger partial charge in [-0.05, 0) is 25.6 Å². The van der Waals surface area contributed by atoms with Crippen molar-refractivity contribution in [3.63, 3.8) is 0 Å². The van der Waals surface area contributed by atoms with Gasteiger partial charge in [0.2, 0.25) is 0 Å². The molecular weight excluding hydrogens is 179 g/mol. The van der Waals surface area contributed by atoms with E-state index in [4.69, 9.17) is 0 Å². The van der Waals surface area contributed by atoms with Crippen LogP contribution in [0, 0.1) is 5.82 Å². The van der Waals surface area contributed by atoms with Gasteiger partial charge < -0.3 is 5.32 Å². The molecule has 1 unspecified atom stereocenters. The number of pyridine rings is 1. The number of nitrogens with one attached hydrogen (secondary N) is 1. The second kappa shape index (κ2) is 5.70. The predicted molar refractivity (Wildman–Crippen MR) is 55.7 cm³/mol. The van der Waals surface area contributed by atoms with Crippen molar-refractivity contribution in [3.05, 3.63) is 29.8 Å². The normalized spacial score (nSPS) is 12.8. The molecule has 2 nitrogen and oxygen atoms in total. The van der Waals surface area contributed by atoms with Crippen LogP contribution in [0.3, 0.4) is 0 Å². The summed E-state index contributed by atoms with van der Waals surface area (Å²) < 4.78 is 13.2. The highest BCUT2D eigenvalue weighted by Crippen LogP contribution is 2.08. The van der Waals surface area contributed by atoms with Gasteiger partial charge in [0, 0.05) is 18.7 Å². The Bertz CT molecular complexity index is 276. The molecule has 0 aliphatic rings. The molecule has 0 aliphatic heterocycles. The Morgan fingerprint density at radius 2 is 2.36 bits per heavy atom. The Kier molecular flexibility index (Phi) is 4.53. The van der Waals surface area contributed by atoms with Crippen LogP contribution in [0.1, 0.15) is 25.5 Å². The van der Waals surface area contributed by atoms with Crippen LogP contribution in [0.4, 0.5) is 4.39 Å². The van der Waals surface area contributed by atoms with Crippen molar-refractivity contribution in [2.45, 2.75) is 32.2 Å². The molecule has 1 aromatic rings. The second-order valence-corrected chi connectivity index (χ2v) is 3.41. The van der Waals surface area contributed by atoms with Gasteiger partial charge in [-0.2, -0.15) is 0 Å². The summed E-state index contributed by atoms with van der Waals surface area (Å²) in [4.78, 5) is 4.03. The number of hydrogen-bond acceptors (Lipinski definition) is 2. The monoisotopic (exact) mass is 196 g/mol. The number of halogens is 1. The third kappa shape index (κ3) is 3.07. The first-order valence-corrected chi connectivity index (χ1v) is 5.04. The van der Waals surface area contributed by atoms with Crippen molar-refractivity contribution < 1.29 is 4.39 Å². The number of rotatable bonds is 5. The molecule has 0 saturated heterocycles. The summed E-state index contributed by atoms with van der Waals surface area (Å²) in [5.41, 5.74) is 0.556. The van der Waals surface area contributed by atoms with E-state index in [0.29, 0.717) is 18.2 Å². The molecule has 0 fully saturated rings. The lowest BCUT2D eigenvalue weighted by atomic mass is 10.1. The first-order chi connectivity index (χ1) is 6.77. The van der Waals surface area contributed by atoms with Gasteiger partial charge in [-0.25, -0.2) is 4.39 Å². The zero-order valence-electron chi connectivity index (χ0n) is 8.76. The third-order valence-corrected chi connectivity index (χ3v) is 2.32. The van der Waals surface area contributed by atoms with Crippen molar-refractivity contribution in [3.8, 4) is 0 Å². The van der Waals surface area contributed by atoms with Gasteiger partial charge in [-0.1, -0.05) is 13.3 Å². The lowest BCUT2D eigenvalue weighted by Gasteiger charge is -2.14. The highest BCUT2D eigenvalue weighted by atomic mass is 19.1. The van der Waals surface area contributed by atoms with E-state index in [1.54, 1.807) is 12.3 Å². The Balaban J connectivity index is 2.62.